The zero-order chi connectivity index (χ0) is 12.2. The second-order valence-corrected chi connectivity index (χ2v) is 3.14. The molecule has 0 saturated carbocycles. The lowest BCUT2D eigenvalue weighted by Crippen LogP contribution is -2.26. The van der Waals surface area contributed by atoms with Crippen LogP contribution in [0, 0.1) is 22.7 Å². The maximum Gasteiger partial charge on any atom is 0.263 e. The summed E-state index contributed by atoms with van der Waals surface area (Å²) in [5, 5.41) is 22.4. The standard InChI is InChI=1S/C11H16N4O/c1-2-3-7-15-11(16)10(8-13)9-14-6-4-5-12/h9,14H,2-4,6-7H2,1H3,(H,15,16)/b10-9-. The first kappa shape index (κ1) is 14.0. The van der Waals surface area contributed by atoms with Crippen LogP contribution in [0.5, 0.6) is 0 Å². The highest BCUT2D eigenvalue weighted by atomic mass is 16.1. The van der Waals surface area contributed by atoms with Crippen molar-refractivity contribution in [2.45, 2.75) is 26.2 Å². The van der Waals surface area contributed by atoms with Gasteiger partial charge in [0.2, 0.25) is 0 Å². The summed E-state index contributed by atoms with van der Waals surface area (Å²) in [5.74, 6) is -0.375. The zero-order valence-electron chi connectivity index (χ0n) is 9.42. The second-order valence-electron chi connectivity index (χ2n) is 3.14. The Morgan fingerprint density at radius 2 is 2.12 bits per heavy atom. The molecule has 0 heterocycles. The normalized spacial score (nSPS) is 10.1. The Hall–Kier alpha value is -2.01. The number of nitrogens with one attached hydrogen (secondary N) is 2. The van der Waals surface area contributed by atoms with Crippen molar-refractivity contribution >= 4 is 5.91 Å². The van der Waals surface area contributed by atoms with Gasteiger partial charge < -0.3 is 10.6 Å². The molecule has 0 unspecified atom stereocenters. The summed E-state index contributed by atoms with van der Waals surface area (Å²) in [6.45, 7) is 3.03. The minimum Gasteiger partial charge on any atom is -0.389 e. The Morgan fingerprint density at radius 1 is 1.38 bits per heavy atom. The van der Waals surface area contributed by atoms with Crippen LogP contribution in [-0.2, 0) is 4.79 Å². The molecule has 0 saturated heterocycles. The molecule has 0 aromatic rings. The number of amides is 1. The molecule has 0 spiro atoms. The molecule has 1 amide bonds. The SMILES string of the molecule is CCCCNC(=O)/C(C#N)=C\NCCC#N. The number of carbonyl (C=O) groups excluding carboxylic acids is 1. The van der Waals surface area contributed by atoms with Gasteiger partial charge in [0.1, 0.15) is 11.6 Å². The predicted molar refractivity (Wildman–Crippen MR) is 59.8 cm³/mol. The monoisotopic (exact) mass is 220 g/mol. The van der Waals surface area contributed by atoms with E-state index in [1.54, 1.807) is 0 Å². The third kappa shape index (κ3) is 6.44. The van der Waals surface area contributed by atoms with Crippen molar-refractivity contribution in [1.29, 1.82) is 10.5 Å². The van der Waals surface area contributed by atoms with Crippen molar-refractivity contribution in [1.82, 2.24) is 10.6 Å². The van der Waals surface area contributed by atoms with Gasteiger partial charge in [0, 0.05) is 19.3 Å². The lowest BCUT2D eigenvalue weighted by atomic mass is 10.2. The van der Waals surface area contributed by atoms with Crippen LogP contribution in [0.3, 0.4) is 0 Å². The van der Waals surface area contributed by atoms with Gasteiger partial charge in [-0.15, -0.1) is 0 Å². The van der Waals surface area contributed by atoms with E-state index in [1.807, 2.05) is 19.1 Å². The lowest BCUT2D eigenvalue weighted by Gasteiger charge is -2.03. The number of nitrogens with zero attached hydrogens (tertiary/aromatic N) is 2. The van der Waals surface area contributed by atoms with Gasteiger partial charge in [-0.25, -0.2) is 0 Å². The third-order valence-corrected chi connectivity index (χ3v) is 1.81. The molecule has 0 bridgehead atoms. The highest BCUT2D eigenvalue weighted by molar-refractivity contribution is 5.97. The topological polar surface area (TPSA) is 88.7 Å². The molecule has 5 nitrogen and oxygen atoms in total. The van der Waals surface area contributed by atoms with Crippen molar-refractivity contribution in [3.05, 3.63) is 11.8 Å². The van der Waals surface area contributed by atoms with Crippen LogP contribution in [0.1, 0.15) is 26.2 Å². The van der Waals surface area contributed by atoms with Crippen molar-refractivity contribution < 1.29 is 4.79 Å². The zero-order valence-corrected chi connectivity index (χ0v) is 9.42. The van der Waals surface area contributed by atoms with Gasteiger partial charge in [-0.1, -0.05) is 13.3 Å². The molecule has 5 heteroatoms. The number of unbranched alkanes of at least 4 members (excludes halogenated alkanes) is 1. The molecule has 0 aromatic carbocycles. The Balaban J connectivity index is 4.02. The molecule has 0 fully saturated rings. The maximum atomic E-state index is 11.4. The van der Waals surface area contributed by atoms with Crippen molar-refractivity contribution in [3.63, 3.8) is 0 Å². The Morgan fingerprint density at radius 3 is 2.69 bits per heavy atom. The highest BCUT2D eigenvalue weighted by Gasteiger charge is 2.06. The van der Waals surface area contributed by atoms with Crippen molar-refractivity contribution in [3.8, 4) is 12.1 Å². The van der Waals surface area contributed by atoms with Gasteiger partial charge >= 0.3 is 0 Å². The van der Waals surface area contributed by atoms with E-state index in [0.29, 0.717) is 19.5 Å². The first-order chi connectivity index (χ1) is 7.76. The van der Waals surface area contributed by atoms with Gasteiger partial charge in [-0.05, 0) is 6.42 Å². The molecular formula is C11H16N4O. The summed E-state index contributed by atoms with van der Waals surface area (Å²) in [5.41, 5.74) is 0.0362. The van der Waals surface area contributed by atoms with Crippen LogP contribution in [0.25, 0.3) is 0 Å². The van der Waals surface area contributed by atoms with Crippen LogP contribution in [0.4, 0.5) is 0 Å². The predicted octanol–water partition coefficient (Wildman–Crippen LogP) is 0.813. The first-order valence-corrected chi connectivity index (χ1v) is 5.25. The van der Waals surface area contributed by atoms with Gasteiger partial charge in [0.25, 0.3) is 5.91 Å². The molecule has 0 atom stereocenters. The van der Waals surface area contributed by atoms with Crippen LogP contribution in [0.15, 0.2) is 11.8 Å². The smallest absolute Gasteiger partial charge is 0.263 e. The Bertz CT molecular complexity index is 322. The molecule has 0 aromatic heterocycles. The van der Waals surface area contributed by atoms with E-state index in [1.165, 1.54) is 6.20 Å². The van der Waals surface area contributed by atoms with E-state index in [-0.39, 0.29) is 11.5 Å². The minimum absolute atomic E-state index is 0.0362. The molecule has 86 valence electrons. The van der Waals surface area contributed by atoms with Crippen molar-refractivity contribution in [2.24, 2.45) is 0 Å². The number of carbonyl (C=O) groups is 1. The van der Waals surface area contributed by atoms with E-state index in [0.717, 1.165) is 12.8 Å². The van der Waals surface area contributed by atoms with Gasteiger partial charge in [-0.2, -0.15) is 10.5 Å². The molecular weight excluding hydrogens is 204 g/mol. The quantitative estimate of drug-likeness (QED) is 0.377. The van der Waals surface area contributed by atoms with Crippen LogP contribution in [-0.4, -0.2) is 19.0 Å². The lowest BCUT2D eigenvalue weighted by molar-refractivity contribution is -0.117. The van der Waals surface area contributed by atoms with Crippen LogP contribution < -0.4 is 10.6 Å². The van der Waals surface area contributed by atoms with E-state index in [4.69, 9.17) is 10.5 Å². The highest BCUT2D eigenvalue weighted by Crippen LogP contribution is 1.91. The molecule has 0 aliphatic heterocycles. The van der Waals surface area contributed by atoms with Crippen molar-refractivity contribution in [2.75, 3.05) is 13.1 Å². The number of hydrogen-bond acceptors (Lipinski definition) is 4. The van der Waals surface area contributed by atoms with Gasteiger partial charge in [0.05, 0.1) is 12.5 Å². The number of nitriles is 2. The fourth-order valence-corrected chi connectivity index (χ4v) is 0.925. The summed E-state index contributed by atoms with van der Waals surface area (Å²) >= 11 is 0. The first-order valence-electron chi connectivity index (χ1n) is 5.25. The molecule has 2 N–H and O–H groups in total. The third-order valence-electron chi connectivity index (χ3n) is 1.81. The maximum absolute atomic E-state index is 11.4. The molecule has 0 aliphatic carbocycles. The largest absolute Gasteiger partial charge is 0.389 e. The molecule has 0 rings (SSSR count). The fraction of sp³-hybridized carbons (Fsp3) is 0.545. The molecule has 0 aliphatic rings. The number of rotatable bonds is 7. The fourth-order valence-electron chi connectivity index (χ4n) is 0.925. The average molecular weight is 220 g/mol. The second kappa shape index (κ2) is 9.54. The van der Waals surface area contributed by atoms with E-state index >= 15 is 0 Å². The number of hydrogen-bond donors (Lipinski definition) is 2. The van der Waals surface area contributed by atoms with Gasteiger partial charge in [0.15, 0.2) is 0 Å². The summed E-state index contributed by atoms with van der Waals surface area (Å²) in [4.78, 5) is 11.4. The summed E-state index contributed by atoms with van der Waals surface area (Å²) in [7, 11) is 0. The summed E-state index contributed by atoms with van der Waals surface area (Å²) in [6.07, 6.45) is 3.57. The van der Waals surface area contributed by atoms with Crippen LogP contribution >= 0.6 is 0 Å². The van der Waals surface area contributed by atoms with E-state index in [2.05, 4.69) is 10.6 Å². The van der Waals surface area contributed by atoms with E-state index < -0.39 is 0 Å². The summed E-state index contributed by atoms with van der Waals surface area (Å²) in [6, 6.07) is 3.76. The van der Waals surface area contributed by atoms with Crippen LogP contribution in [0.2, 0.25) is 0 Å². The summed E-state index contributed by atoms with van der Waals surface area (Å²) < 4.78 is 0. The minimum atomic E-state index is -0.375. The molecule has 16 heavy (non-hydrogen) atoms. The Labute approximate surface area is 95.7 Å². The van der Waals surface area contributed by atoms with Gasteiger partial charge in [-0.3, -0.25) is 4.79 Å². The average Bonchev–Trinajstić information content (AvgIpc) is 2.29. The van der Waals surface area contributed by atoms with E-state index in [9.17, 15) is 4.79 Å². The Kier molecular flexibility index (Phi) is 8.34. The molecule has 0 radical (unpaired) electrons.